The number of anilines is 1. The molecule has 2 aromatic heterocycles. The molecule has 27 heavy (non-hydrogen) atoms. The number of amides is 1. The van der Waals surface area contributed by atoms with Crippen LogP contribution >= 0.6 is 11.6 Å². The molecule has 1 amide bonds. The van der Waals surface area contributed by atoms with Gasteiger partial charge in [0.25, 0.3) is 0 Å². The fourth-order valence-corrected chi connectivity index (χ4v) is 3.55. The fourth-order valence-electron chi connectivity index (χ4n) is 3.43. The first-order valence-electron chi connectivity index (χ1n) is 9.09. The Morgan fingerprint density at radius 3 is 2.63 bits per heavy atom. The van der Waals surface area contributed by atoms with E-state index in [9.17, 15) is 4.79 Å². The van der Waals surface area contributed by atoms with E-state index >= 15 is 0 Å². The van der Waals surface area contributed by atoms with Gasteiger partial charge < -0.3 is 9.80 Å². The Labute approximate surface area is 163 Å². The molecule has 3 aromatic rings. The van der Waals surface area contributed by atoms with Gasteiger partial charge in [-0.25, -0.2) is 9.67 Å². The van der Waals surface area contributed by atoms with E-state index in [-0.39, 0.29) is 12.5 Å². The van der Waals surface area contributed by atoms with Gasteiger partial charge in [-0.1, -0.05) is 11.6 Å². The van der Waals surface area contributed by atoms with Gasteiger partial charge in [-0.05, 0) is 49.7 Å². The summed E-state index contributed by atoms with van der Waals surface area (Å²) in [5.74, 6) is 0.0789. The van der Waals surface area contributed by atoms with Crippen molar-refractivity contribution in [3.05, 3.63) is 52.8 Å². The van der Waals surface area contributed by atoms with Crippen molar-refractivity contribution in [1.82, 2.24) is 19.7 Å². The van der Waals surface area contributed by atoms with Crippen molar-refractivity contribution < 1.29 is 4.79 Å². The molecule has 0 atom stereocenters. The summed E-state index contributed by atoms with van der Waals surface area (Å²) < 4.78 is 1.69. The van der Waals surface area contributed by atoms with Crippen LogP contribution in [0, 0.1) is 13.8 Å². The van der Waals surface area contributed by atoms with Crippen LogP contribution in [0.1, 0.15) is 11.3 Å². The summed E-state index contributed by atoms with van der Waals surface area (Å²) in [6.45, 7) is 7.19. The van der Waals surface area contributed by atoms with Crippen molar-refractivity contribution in [3.63, 3.8) is 0 Å². The maximum Gasteiger partial charge on any atom is 0.244 e. The molecular weight excluding hydrogens is 362 g/mol. The van der Waals surface area contributed by atoms with Crippen LogP contribution in [-0.2, 0) is 11.3 Å². The molecule has 7 heteroatoms. The Balaban J connectivity index is 1.41. The lowest BCUT2D eigenvalue weighted by Gasteiger charge is -2.36. The number of carbonyl (C=O) groups is 1. The minimum atomic E-state index is 0.0789. The van der Waals surface area contributed by atoms with Crippen molar-refractivity contribution in [2.45, 2.75) is 20.4 Å². The lowest BCUT2D eigenvalue weighted by atomic mass is 10.2. The molecule has 1 fully saturated rings. The summed E-state index contributed by atoms with van der Waals surface area (Å²) in [6.07, 6.45) is 1.76. The van der Waals surface area contributed by atoms with Gasteiger partial charge in [-0.3, -0.25) is 4.79 Å². The second kappa shape index (κ2) is 7.19. The van der Waals surface area contributed by atoms with Gasteiger partial charge in [0, 0.05) is 48.0 Å². The van der Waals surface area contributed by atoms with E-state index in [2.05, 4.69) is 21.0 Å². The van der Waals surface area contributed by atoms with E-state index in [1.54, 1.807) is 10.9 Å². The van der Waals surface area contributed by atoms with Crippen LogP contribution in [0.4, 0.5) is 5.69 Å². The number of piperazine rings is 1. The maximum absolute atomic E-state index is 12.7. The molecule has 0 spiro atoms. The molecule has 0 bridgehead atoms. The monoisotopic (exact) mass is 383 g/mol. The molecule has 1 saturated heterocycles. The van der Waals surface area contributed by atoms with Crippen LogP contribution in [0.2, 0.25) is 5.02 Å². The maximum atomic E-state index is 12.7. The molecule has 6 nitrogen and oxygen atoms in total. The van der Waals surface area contributed by atoms with Gasteiger partial charge in [-0.2, -0.15) is 5.10 Å². The minimum absolute atomic E-state index is 0.0789. The van der Waals surface area contributed by atoms with Crippen LogP contribution in [0.15, 0.2) is 36.5 Å². The van der Waals surface area contributed by atoms with Gasteiger partial charge in [-0.15, -0.1) is 0 Å². The molecule has 140 valence electrons. The topological polar surface area (TPSA) is 54.3 Å². The van der Waals surface area contributed by atoms with Gasteiger partial charge in [0.2, 0.25) is 5.91 Å². The number of aryl methyl sites for hydroxylation is 2. The molecule has 0 radical (unpaired) electrons. The fraction of sp³-hybridized carbons (Fsp3) is 0.350. The minimum Gasteiger partial charge on any atom is -0.368 e. The van der Waals surface area contributed by atoms with E-state index in [4.69, 9.17) is 11.6 Å². The summed E-state index contributed by atoms with van der Waals surface area (Å²) >= 11 is 6.12. The quantitative estimate of drug-likeness (QED) is 0.697. The zero-order valence-corrected chi connectivity index (χ0v) is 16.3. The molecule has 0 saturated carbocycles. The van der Waals surface area contributed by atoms with E-state index in [0.29, 0.717) is 13.1 Å². The molecule has 0 aliphatic carbocycles. The lowest BCUT2D eigenvalue weighted by Crippen LogP contribution is -2.49. The smallest absolute Gasteiger partial charge is 0.244 e. The number of hydrogen-bond donors (Lipinski definition) is 0. The molecule has 0 unspecified atom stereocenters. The number of hydrogen-bond acceptors (Lipinski definition) is 4. The summed E-state index contributed by atoms with van der Waals surface area (Å²) in [6, 6.07) is 10.0. The van der Waals surface area contributed by atoms with Crippen molar-refractivity contribution in [1.29, 1.82) is 0 Å². The van der Waals surface area contributed by atoms with E-state index in [1.807, 2.05) is 43.0 Å². The normalized spacial score (nSPS) is 14.8. The molecule has 0 N–H and O–H groups in total. The number of rotatable bonds is 3. The van der Waals surface area contributed by atoms with Gasteiger partial charge in [0.15, 0.2) is 5.65 Å². The number of pyridine rings is 1. The summed E-state index contributed by atoms with van der Waals surface area (Å²) in [5, 5.41) is 6.07. The number of fused-ring (bicyclic) bond motifs is 1. The third-order valence-electron chi connectivity index (χ3n) is 5.05. The standard InChI is InChI=1S/C20H22ClN5O/c1-14-11-17(5-6-18(14)21)24-7-9-25(10-8-24)19(27)13-26-20-16(12-22-26)4-3-15(2)23-20/h3-6,11-12H,7-10,13H2,1-2H3. The Bertz CT molecular complexity index is 991. The number of aromatic nitrogens is 3. The van der Waals surface area contributed by atoms with Crippen LogP contribution in [0.3, 0.4) is 0 Å². The number of benzene rings is 1. The van der Waals surface area contributed by atoms with Crippen LogP contribution in [-0.4, -0.2) is 51.8 Å². The van der Waals surface area contributed by atoms with Crippen LogP contribution in [0.25, 0.3) is 11.0 Å². The second-order valence-corrected chi connectivity index (χ2v) is 7.38. The van der Waals surface area contributed by atoms with Gasteiger partial charge in [0.05, 0.1) is 6.20 Å². The predicted molar refractivity (Wildman–Crippen MR) is 107 cm³/mol. The van der Waals surface area contributed by atoms with E-state index < -0.39 is 0 Å². The Morgan fingerprint density at radius 1 is 1.11 bits per heavy atom. The SMILES string of the molecule is Cc1ccc2cnn(CC(=O)N3CCN(c4ccc(Cl)c(C)c4)CC3)c2n1. The highest BCUT2D eigenvalue weighted by Crippen LogP contribution is 2.23. The Morgan fingerprint density at radius 2 is 1.89 bits per heavy atom. The number of halogens is 1. The lowest BCUT2D eigenvalue weighted by molar-refractivity contribution is -0.132. The largest absolute Gasteiger partial charge is 0.368 e. The van der Waals surface area contributed by atoms with Gasteiger partial charge in [0.1, 0.15) is 6.54 Å². The van der Waals surface area contributed by atoms with Crippen LogP contribution in [0.5, 0.6) is 0 Å². The first-order chi connectivity index (χ1) is 13.0. The average Bonchev–Trinajstić information content (AvgIpc) is 3.06. The molecule has 1 aliphatic heterocycles. The first-order valence-corrected chi connectivity index (χ1v) is 9.47. The molecular formula is C20H22ClN5O. The summed E-state index contributed by atoms with van der Waals surface area (Å²) in [7, 11) is 0. The number of nitrogens with zero attached hydrogens (tertiary/aromatic N) is 5. The van der Waals surface area contributed by atoms with Crippen molar-refractivity contribution in [2.24, 2.45) is 0 Å². The zero-order chi connectivity index (χ0) is 19.0. The highest BCUT2D eigenvalue weighted by Gasteiger charge is 2.22. The molecule has 4 rings (SSSR count). The number of carbonyl (C=O) groups excluding carboxylic acids is 1. The molecule has 1 aliphatic rings. The van der Waals surface area contributed by atoms with Gasteiger partial charge >= 0.3 is 0 Å². The Hall–Kier alpha value is -2.60. The highest BCUT2D eigenvalue weighted by molar-refractivity contribution is 6.31. The first kappa shape index (κ1) is 17.8. The molecule has 1 aromatic carbocycles. The third kappa shape index (κ3) is 3.62. The summed E-state index contributed by atoms with van der Waals surface area (Å²) in [4.78, 5) is 21.4. The zero-order valence-electron chi connectivity index (χ0n) is 15.5. The van der Waals surface area contributed by atoms with E-state index in [1.165, 1.54) is 0 Å². The van der Waals surface area contributed by atoms with Crippen molar-refractivity contribution >= 4 is 34.2 Å². The van der Waals surface area contributed by atoms with E-state index in [0.717, 1.165) is 46.1 Å². The predicted octanol–water partition coefficient (Wildman–Crippen LogP) is 3.05. The molecule has 3 heterocycles. The average molecular weight is 384 g/mol. The van der Waals surface area contributed by atoms with Crippen molar-refractivity contribution in [3.8, 4) is 0 Å². The highest BCUT2D eigenvalue weighted by atomic mass is 35.5. The third-order valence-corrected chi connectivity index (χ3v) is 5.47. The Kier molecular flexibility index (Phi) is 4.74. The summed E-state index contributed by atoms with van der Waals surface area (Å²) in [5.41, 5.74) is 3.91. The second-order valence-electron chi connectivity index (χ2n) is 6.97. The van der Waals surface area contributed by atoms with Crippen molar-refractivity contribution in [2.75, 3.05) is 31.1 Å². The van der Waals surface area contributed by atoms with Crippen LogP contribution < -0.4 is 4.90 Å².